The van der Waals surface area contributed by atoms with Crippen molar-refractivity contribution >= 4 is 23.2 Å². The van der Waals surface area contributed by atoms with Crippen molar-refractivity contribution in [3.8, 4) is 0 Å². The standard InChI is InChI=1S/C15H14ClFN2O/c16-14-9-12(18)5-6-13(14)15(20)19-8-7-10-1-3-11(17)4-2-10/h1-6,9H,7-8,18H2,(H,19,20). The second-order valence-corrected chi connectivity index (χ2v) is 4.78. The van der Waals surface area contributed by atoms with Crippen LogP contribution in [0.15, 0.2) is 42.5 Å². The first-order valence-electron chi connectivity index (χ1n) is 6.14. The Morgan fingerprint density at radius 3 is 2.55 bits per heavy atom. The number of carbonyl (C=O) groups excluding carboxylic acids is 1. The van der Waals surface area contributed by atoms with Gasteiger partial charge in [-0.1, -0.05) is 23.7 Å². The average Bonchev–Trinajstić information content (AvgIpc) is 2.41. The van der Waals surface area contributed by atoms with Gasteiger partial charge in [0.05, 0.1) is 10.6 Å². The third-order valence-corrected chi connectivity index (χ3v) is 3.16. The van der Waals surface area contributed by atoms with Crippen LogP contribution in [0.4, 0.5) is 10.1 Å². The highest BCUT2D eigenvalue weighted by atomic mass is 35.5. The SMILES string of the molecule is Nc1ccc(C(=O)NCCc2ccc(F)cc2)c(Cl)c1. The highest BCUT2D eigenvalue weighted by Crippen LogP contribution is 2.18. The lowest BCUT2D eigenvalue weighted by Gasteiger charge is -2.07. The van der Waals surface area contributed by atoms with Gasteiger partial charge in [0.25, 0.3) is 5.91 Å². The maximum absolute atomic E-state index is 12.7. The molecule has 20 heavy (non-hydrogen) atoms. The normalized spacial score (nSPS) is 10.3. The number of carbonyl (C=O) groups is 1. The van der Waals surface area contributed by atoms with Crippen LogP contribution in [0, 0.1) is 5.82 Å². The second-order valence-electron chi connectivity index (χ2n) is 4.37. The summed E-state index contributed by atoms with van der Waals surface area (Å²) in [6, 6.07) is 10.9. The molecule has 2 rings (SSSR count). The Hall–Kier alpha value is -2.07. The zero-order valence-corrected chi connectivity index (χ0v) is 11.5. The highest BCUT2D eigenvalue weighted by Gasteiger charge is 2.09. The fraction of sp³-hybridized carbons (Fsp3) is 0.133. The smallest absolute Gasteiger partial charge is 0.252 e. The van der Waals surface area contributed by atoms with Crippen molar-refractivity contribution in [2.75, 3.05) is 12.3 Å². The summed E-state index contributed by atoms with van der Waals surface area (Å²) < 4.78 is 12.7. The molecular formula is C15H14ClFN2O. The minimum Gasteiger partial charge on any atom is -0.399 e. The highest BCUT2D eigenvalue weighted by molar-refractivity contribution is 6.34. The van der Waals surface area contributed by atoms with Crippen molar-refractivity contribution in [2.24, 2.45) is 0 Å². The molecule has 5 heteroatoms. The van der Waals surface area contributed by atoms with Gasteiger partial charge in [0, 0.05) is 12.2 Å². The maximum Gasteiger partial charge on any atom is 0.252 e. The van der Waals surface area contributed by atoms with Gasteiger partial charge in [-0.3, -0.25) is 4.79 Å². The van der Waals surface area contributed by atoms with Crippen molar-refractivity contribution in [1.82, 2.24) is 5.32 Å². The van der Waals surface area contributed by atoms with Crippen LogP contribution < -0.4 is 11.1 Å². The molecule has 0 aliphatic carbocycles. The van der Waals surface area contributed by atoms with Gasteiger partial charge in [0.1, 0.15) is 5.82 Å². The number of anilines is 1. The van der Waals surface area contributed by atoms with E-state index in [4.69, 9.17) is 17.3 Å². The number of nitrogen functional groups attached to an aromatic ring is 1. The van der Waals surface area contributed by atoms with Crippen LogP contribution in [0.25, 0.3) is 0 Å². The molecule has 2 aromatic carbocycles. The van der Waals surface area contributed by atoms with E-state index < -0.39 is 0 Å². The molecule has 0 bridgehead atoms. The lowest BCUT2D eigenvalue weighted by molar-refractivity contribution is 0.0954. The quantitative estimate of drug-likeness (QED) is 0.851. The summed E-state index contributed by atoms with van der Waals surface area (Å²) in [6.45, 7) is 0.450. The van der Waals surface area contributed by atoms with Gasteiger partial charge in [-0.25, -0.2) is 4.39 Å². The molecule has 104 valence electrons. The minimum absolute atomic E-state index is 0.253. The fourth-order valence-electron chi connectivity index (χ4n) is 1.78. The summed E-state index contributed by atoms with van der Waals surface area (Å²) in [5.41, 5.74) is 7.42. The monoisotopic (exact) mass is 292 g/mol. The van der Waals surface area contributed by atoms with Crippen molar-refractivity contribution < 1.29 is 9.18 Å². The van der Waals surface area contributed by atoms with E-state index in [1.807, 2.05) is 0 Å². The number of nitrogens with two attached hydrogens (primary N) is 1. The van der Waals surface area contributed by atoms with E-state index in [0.29, 0.717) is 29.2 Å². The van der Waals surface area contributed by atoms with Crippen LogP contribution >= 0.6 is 11.6 Å². The molecule has 0 atom stereocenters. The maximum atomic E-state index is 12.7. The van der Waals surface area contributed by atoms with E-state index in [2.05, 4.69) is 5.32 Å². The Kier molecular flexibility index (Phi) is 4.58. The molecule has 1 amide bonds. The summed E-state index contributed by atoms with van der Waals surface area (Å²) in [7, 11) is 0. The molecule has 0 radical (unpaired) electrons. The molecule has 0 heterocycles. The number of hydrogen-bond acceptors (Lipinski definition) is 2. The molecular weight excluding hydrogens is 279 g/mol. The summed E-state index contributed by atoms with van der Waals surface area (Å²) in [5, 5.41) is 3.09. The molecule has 2 aromatic rings. The third kappa shape index (κ3) is 3.71. The topological polar surface area (TPSA) is 55.1 Å². The van der Waals surface area contributed by atoms with Crippen LogP contribution in [0.3, 0.4) is 0 Å². The molecule has 0 fully saturated rings. The molecule has 0 unspecified atom stereocenters. The van der Waals surface area contributed by atoms with Gasteiger partial charge in [0.2, 0.25) is 0 Å². The molecule has 3 N–H and O–H groups in total. The van der Waals surface area contributed by atoms with E-state index in [0.717, 1.165) is 5.56 Å². The number of benzene rings is 2. The van der Waals surface area contributed by atoms with Crippen LogP contribution in [0.1, 0.15) is 15.9 Å². The Morgan fingerprint density at radius 2 is 1.90 bits per heavy atom. The van der Waals surface area contributed by atoms with Gasteiger partial charge in [0.15, 0.2) is 0 Å². The third-order valence-electron chi connectivity index (χ3n) is 2.85. The molecule has 0 spiro atoms. The van der Waals surface area contributed by atoms with Crippen molar-refractivity contribution in [3.05, 3.63) is 64.4 Å². The Morgan fingerprint density at radius 1 is 1.20 bits per heavy atom. The summed E-state index contributed by atoms with van der Waals surface area (Å²) >= 11 is 5.96. The van der Waals surface area contributed by atoms with Gasteiger partial charge in [-0.05, 0) is 42.3 Å². The van der Waals surface area contributed by atoms with Gasteiger partial charge in [-0.2, -0.15) is 0 Å². The van der Waals surface area contributed by atoms with Gasteiger partial charge < -0.3 is 11.1 Å². The van der Waals surface area contributed by atoms with Crippen LogP contribution in [-0.2, 0) is 6.42 Å². The molecule has 3 nitrogen and oxygen atoms in total. The largest absolute Gasteiger partial charge is 0.399 e. The molecule has 0 aliphatic rings. The van der Waals surface area contributed by atoms with Gasteiger partial charge >= 0.3 is 0 Å². The zero-order chi connectivity index (χ0) is 14.5. The average molecular weight is 293 g/mol. The summed E-state index contributed by atoms with van der Waals surface area (Å²) in [5.74, 6) is -0.524. The summed E-state index contributed by atoms with van der Waals surface area (Å²) in [6.07, 6.45) is 0.624. The van der Waals surface area contributed by atoms with Crippen molar-refractivity contribution in [1.29, 1.82) is 0 Å². The van der Waals surface area contributed by atoms with Crippen LogP contribution in [0.5, 0.6) is 0 Å². The zero-order valence-electron chi connectivity index (χ0n) is 10.7. The molecule has 0 saturated heterocycles. The first-order chi connectivity index (χ1) is 9.56. The minimum atomic E-state index is -0.272. The van der Waals surface area contributed by atoms with E-state index in [1.165, 1.54) is 18.2 Å². The lowest BCUT2D eigenvalue weighted by atomic mass is 10.1. The number of rotatable bonds is 4. The van der Waals surface area contributed by atoms with Gasteiger partial charge in [-0.15, -0.1) is 0 Å². The predicted molar refractivity (Wildman–Crippen MR) is 78.3 cm³/mol. The van der Waals surface area contributed by atoms with Crippen molar-refractivity contribution in [2.45, 2.75) is 6.42 Å². The first-order valence-corrected chi connectivity index (χ1v) is 6.52. The fourth-order valence-corrected chi connectivity index (χ4v) is 2.06. The number of amides is 1. The molecule has 0 aromatic heterocycles. The van der Waals surface area contributed by atoms with E-state index >= 15 is 0 Å². The second kappa shape index (κ2) is 6.39. The predicted octanol–water partition coefficient (Wildman–Crippen LogP) is 3.03. The molecule has 0 aliphatic heterocycles. The Balaban J connectivity index is 1.90. The van der Waals surface area contributed by atoms with E-state index in [1.54, 1.807) is 24.3 Å². The van der Waals surface area contributed by atoms with E-state index in [9.17, 15) is 9.18 Å². The van der Waals surface area contributed by atoms with Crippen LogP contribution in [0.2, 0.25) is 5.02 Å². The van der Waals surface area contributed by atoms with E-state index in [-0.39, 0.29) is 11.7 Å². The Bertz CT molecular complexity index is 614. The van der Waals surface area contributed by atoms with Crippen molar-refractivity contribution in [3.63, 3.8) is 0 Å². The summed E-state index contributed by atoms with van der Waals surface area (Å²) in [4.78, 5) is 11.9. The first kappa shape index (κ1) is 14.3. The lowest BCUT2D eigenvalue weighted by Crippen LogP contribution is -2.26. The number of halogens is 2. The Labute approximate surface area is 121 Å². The number of nitrogens with one attached hydrogen (secondary N) is 1. The number of hydrogen-bond donors (Lipinski definition) is 2. The van der Waals surface area contributed by atoms with Crippen LogP contribution in [-0.4, -0.2) is 12.5 Å². The molecule has 0 saturated carbocycles.